The van der Waals surface area contributed by atoms with E-state index in [1.165, 1.54) is 6.07 Å². The lowest BCUT2D eigenvalue weighted by Crippen LogP contribution is -2.14. The summed E-state index contributed by atoms with van der Waals surface area (Å²) in [7, 11) is 0. The molecule has 2 aromatic heterocycles. The van der Waals surface area contributed by atoms with Gasteiger partial charge in [-0.15, -0.1) is 0 Å². The Morgan fingerprint density at radius 3 is 2.81 bits per heavy atom. The fourth-order valence-electron chi connectivity index (χ4n) is 2.87. The summed E-state index contributed by atoms with van der Waals surface area (Å²) < 4.78 is 13.6. The molecule has 0 spiro atoms. The fraction of sp³-hybridized carbons (Fsp3) is 0.200. The Hall–Kier alpha value is -3.35. The zero-order valence-electron chi connectivity index (χ0n) is 14.7. The van der Waals surface area contributed by atoms with Crippen LogP contribution in [-0.4, -0.2) is 21.1 Å². The normalized spacial score (nSPS) is 13.4. The number of aromatic nitrogens is 3. The van der Waals surface area contributed by atoms with Crippen molar-refractivity contribution in [1.29, 1.82) is 0 Å². The van der Waals surface area contributed by atoms with Crippen LogP contribution in [0.3, 0.4) is 0 Å². The van der Waals surface area contributed by atoms with Crippen LogP contribution < -0.4 is 11.1 Å². The second-order valence-corrected chi connectivity index (χ2v) is 6.71. The third kappa shape index (κ3) is 3.62. The number of nitrogen functional groups attached to an aromatic ring is 1. The highest BCUT2D eigenvalue weighted by Crippen LogP contribution is 2.31. The van der Waals surface area contributed by atoms with E-state index in [1.807, 2.05) is 12.1 Å². The molecule has 3 N–H and O–H groups in total. The predicted octanol–water partition coefficient (Wildman–Crippen LogP) is 3.58. The maximum absolute atomic E-state index is 13.6. The van der Waals surface area contributed by atoms with Crippen molar-refractivity contribution in [2.45, 2.75) is 19.8 Å². The van der Waals surface area contributed by atoms with Crippen molar-refractivity contribution in [1.82, 2.24) is 15.2 Å². The summed E-state index contributed by atoms with van der Waals surface area (Å²) in [5.41, 5.74) is 9.46. The van der Waals surface area contributed by atoms with E-state index in [0.717, 1.165) is 35.1 Å². The van der Waals surface area contributed by atoms with E-state index in [0.29, 0.717) is 11.5 Å². The minimum atomic E-state index is -0.453. The minimum absolute atomic E-state index is 0.00519. The van der Waals surface area contributed by atoms with Crippen molar-refractivity contribution in [3.63, 3.8) is 0 Å². The SMILES string of the molecule is Cc1cc(F)c(N)cc1-c1cc(-c2ccnc(NC(=O)C3CC3)c2)cnn1. The molecule has 7 heteroatoms. The molecule has 3 aromatic rings. The number of amides is 1. The average molecular weight is 363 g/mol. The molecule has 2 heterocycles. The van der Waals surface area contributed by atoms with Crippen molar-refractivity contribution >= 4 is 17.4 Å². The maximum atomic E-state index is 13.6. The van der Waals surface area contributed by atoms with E-state index in [9.17, 15) is 9.18 Å². The number of hydrogen-bond acceptors (Lipinski definition) is 5. The van der Waals surface area contributed by atoms with Crippen LogP contribution in [0.5, 0.6) is 0 Å². The summed E-state index contributed by atoms with van der Waals surface area (Å²) >= 11 is 0. The van der Waals surface area contributed by atoms with Crippen molar-refractivity contribution < 1.29 is 9.18 Å². The molecular weight excluding hydrogens is 345 g/mol. The molecule has 0 saturated heterocycles. The van der Waals surface area contributed by atoms with E-state index in [4.69, 9.17) is 5.73 Å². The zero-order valence-corrected chi connectivity index (χ0v) is 14.7. The second-order valence-electron chi connectivity index (χ2n) is 6.71. The predicted molar refractivity (Wildman–Crippen MR) is 101 cm³/mol. The van der Waals surface area contributed by atoms with Gasteiger partial charge in [-0.2, -0.15) is 10.2 Å². The number of carbonyl (C=O) groups is 1. The molecule has 1 aliphatic rings. The number of pyridine rings is 1. The minimum Gasteiger partial charge on any atom is -0.396 e. The standard InChI is InChI=1S/C20H18FN5O/c1-11-6-16(21)17(22)9-15(11)18-7-14(10-24-26-18)13-4-5-23-19(8-13)25-20(27)12-2-3-12/h4-10,12H,2-3,22H2,1H3,(H,23,25,27). The highest BCUT2D eigenvalue weighted by Gasteiger charge is 2.29. The number of anilines is 2. The van der Waals surface area contributed by atoms with Gasteiger partial charge in [-0.3, -0.25) is 4.79 Å². The molecule has 6 nitrogen and oxygen atoms in total. The van der Waals surface area contributed by atoms with Crippen molar-refractivity contribution in [3.8, 4) is 22.4 Å². The number of aryl methyl sites for hydroxylation is 1. The Balaban J connectivity index is 1.67. The summed E-state index contributed by atoms with van der Waals surface area (Å²) in [5, 5.41) is 11.1. The van der Waals surface area contributed by atoms with Gasteiger partial charge in [-0.25, -0.2) is 9.37 Å². The average Bonchev–Trinajstić information content (AvgIpc) is 3.50. The zero-order chi connectivity index (χ0) is 19.0. The number of nitrogens with one attached hydrogen (secondary N) is 1. The Kier molecular flexibility index (Phi) is 4.27. The van der Waals surface area contributed by atoms with E-state index < -0.39 is 5.82 Å². The number of halogens is 1. The van der Waals surface area contributed by atoms with Gasteiger partial charge in [0.15, 0.2) is 0 Å². The maximum Gasteiger partial charge on any atom is 0.228 e. The number of carbonyl (C=O) groups excluding carboxylic acids is 1. The first kappa shape index (κ1) is 17.1. The molecule has 1 aromatic carbocycles. The topological polar surface area (TPSA) is 93.8 Å². The molecule has 1 amide bonds. The summed E-state index contributed by atoms with van der Waals surface area (Å²) in [6.07, 6.45) is 5.14. The highest BCUT2D eigenvalue weighted by molar-refractivity contribution is 5.93. The highest BCUT2D eigenvalue weighted by atomic mass is 19.1. The molecule has 1 fully saturated rings. The lowest BCUT2D eigenvalue weighted by molar-refractivity contribution is -0.117. The first-order valence-corrected chi connectivity index (χ1v) is 8.67. The van der Waals surface area contributed by atoms with Crippen LogP contribution in [-0.2, 0) is 4.79 Å². The molecule has 0 unspecified atom stereocenters. The van der Waals surface area contributed by atoms with Gasteiger partial charge in [-0.05, 0) is 61.2 Å². The molecule has 0 atom stereocenters. The van der Waals surface area contributed by atoms with Gasteiger partial charge in [0.05, 0.1) is 17.6 Å². The molecule has 1 saturated carbocycles. The number of hydrogen-bond donors (Lipinski definition) is 2. The first-order chi connectivity index (χ1) is 13.0. The molecule has 0 aliphatic heterocycles. The van der Waals surface area contributed by atoms with E-state index in [-0.39, 0.29) is 17.5 Å². The quantitative estimate of drug-likeness (QED) is 0.691. The Labute approximate surface area is 155 Å². The van der Waals surface area contributed by atoms with Crippen LogP contribution in [0.1, 0.15) is 18.4 Å². The van der Waals surface area contributed by atoms with Gasteiger partial charge in [0, 0.05) is 23.2 Å². The molecule has 27 heavy (non-hydrogen) atoms. The number of nitrogens with zero attached hydrogens (tertiary/aromatic N) is 3. The lowest BCUT2D eigenvalue weighted by atomic mass is 10.0. The van der Waals surface area contributed by atoms with Gasteiger partial charge in [-0.1, -0.05) is 0 Å². The van der Waals surface area contributed by atoms with E-state index >= 15 is 0 Å². The van der Waals surface area contributed by atoms with E-state index in [2.05, 4.69) is 20.5 Å². The monoisotopic (exact) mass is 363 g/mol. The van der Waals surface area contributed by atoms with E-state index in [1.54, 1.807) is 31.5 Å². The number of benzene rings is 1. The number of rotatable bonds is 4. The first-order valence-electron chi connectivity index (χ1n) is 8.67. The van der Waals surface area contributed by atoms with Crippen molar-refractivity contribution in [3.05, 3.63) is 54.1 Å². The summed E-state index contributed by atoms with van der Waals surface area (Å²) in [5.74, 6) is 0.165. The summed E-state index contributed by atoms with van der Waals surface area (Å²) in [4.78, 5) is 16.1. The summed E-state index contributed by atoms with van der Waals surface area (Å²) in [6, 6.07) is 8.43. The molecule has 1 aliphatic carbocycles. The Bertz CT molecular complexity index is 1030. The van der Waals surface area contributed by atoms with Gasteiger partial charge < -0.3 is 11.1 Å². The third-order valence-electron chi connectivity index (χ3n) is 4.57. The van der Waals surface area contributed by atoms with Gasteiger partial charge in [0.1, 0.15) is 11.6 Å². The lowest BCUT2D eigenvalue weighted by Gasteiger charge is -2.09. The molecular formula is C20H18FN5O. The Morgan fingerprint density at radius 2 is 2.04 bits per heavy atom. The van der Waals surface area contributed by atoms with Crippen LogP contribution in [0.2, 0.25) is 0 Å². The second kappa shape index (κ2) is 6.75. The van der Waals surface area contributed by atoms with Gasteiger partial charge >= 0.3 is 0 Å². The van der Waals surface area contributed by atoms with Crippen LogP contribution >= 0.6 is 0 Å². The smallest absolute Gasteiger partial charge is 0.228 e. The van der Waals surface area contributed by atoms with Crippen LogP contribution in [0.25, 0.3) is 22.4 Å². The van der Waals surface area contributed by atoms with Crippen molar-refractivity contribution in [2.75, 3.05) is 11.1 Å². The van der Waals surface area contributed by atoms with Crippen LogP contribution in [0.4, 0.5) is 15.9 Å². The molecule has 4 rings (SSSR count). The largest absolute Gasteiger partial charge is 0.396 e. The number of nitrogens with two attached hydrogens (primary N) is 1. The summed E-state index contributed by atoms with van der Waals surface area (Å²) in [6.45, 7) is 1.80. The van der Waals surface area contributed by atoms with Crippen LogP contribution in [0, 0.1) is 18.7 Å². The van der Waals surface area contributed by atoms with Crippen molar-refractivity contribution in [2.24, 2.45) is 5.92 Å². The Morgan fingerprint density at radius 1 is 1.22 bits per heavy atom. The third-order valence-corrected chi connectivity index (χ3v) is 4.57. The fourth-order valence-corrected chi connectivity index (χ4v) is 2.87. The van der Waals surface area contributed by atoms with Crippen LogP contribution in [0.15, 0.2) is 42.7 Å². The molecule has 0 bridgehead atoms. The van der Waals surface area contributed by atoms with Gasteiger partial charge in [0.25, 0.3) is 0 Å². The molecule has 136 valence electrons. The van der Waals surface area contributed by atoms with Gasteiger partial charge in [0.2, 0.25) is 5.91 Å². The molecule has 0 radical (unpaired) electrons.